The van der Waals surface area contributed by atoms with Crippen molar-refractivity contribution in [3.05, 3.63) is 246 Å². The van der Waals surface area contributed by atoms with Gasteiger partial charge in [0.2, 0.25) is 0 Å². The molecule has 538 valence electrons. The Labute approximate surface area is 595 Å². The summed E-state index contributed by atoms with van der Waals surface area (Å²) in [6.07, 6.45) is -4.12. The minimum atomic E-state index is -3.80. The molecule has 6 heterocycles. The summed E-state index contributed by atoms with van der Waals surface area (Å²) in [5.41, 5.74) is 2.39. The molecule has 0 bridgehead atoms. The number of sulfone groups is 1. The molecule has 0 aliphatic carbocycles. The van der Waals surface area contributed by atoms with Crippen molar-refractivity contribution in [2.24, 2.45) is 0 Å². The van der Waals surface area contributed by atoms with Gasteiger partial charge in [-0.1, -0.05) is 117 Å². The van der Waals surface area contributed by atoms with Crippen LogP contribution in [0.3, 0.4) is 0 Å². The summed E-state index contributed by atoms with van der Waals surface area (Å²) in [5, 5.41) is -0.313. The van der Waals surface area contributed by atoms with Crippen molar-refractivity contribution in [1.82, 2.24) is 39.0 Å². The van der Waals surface area contributed by atoms with Gasteiger partial charge >= 0.3 is 47.8 Å². The third-order valence-corrected chi connectivity index (χ3v) is 16.3. The number of carbonyl (C=O) groups is 9. The Hall–Kier alpha value is -12.3. The van der Waals surface area contributed by atoms with Gasteiger partial charge in [-0.3, -0.25) is 23.5 Å². The van der Waals surface area contributed by atoms with E-state index in [-0.39, 0.29) is 88.9 Å². The molecule has 4 aromatic heterocycles. The second-order valence-electron chi connectivity index (χ2n) is 22.6. The molecule has 10 aromatic rings. The molecule has 0 N–H and O–H groups in total. The van der Waals surface area contributed by atoms with Crippen LogP contribution in [0, 0.1) is 0 Å². The molecule has 0 radical (unpaired) electrons. The molecule has 0 spiro atoms. The molecule has 12 rings (SSSR count). The number of hydrogen-bond donors (Lipinski definition) is 0. The third-order valence-electron chi connectivity index (χ3n) is 15.3. The normalized spacial score (nSPS) is 17.9. The summed E-state index contributed by atoms with van der Waals surface area (Å²) in [5.74, 6) is -5.29. The van der Waals surface area contributed by atoms with Gasteiger partial charge in [0.1, 0.15) is 61.3 Å². The number of ether oxygens (including phenoxy) is 10. The Morgan fingerprint density at radius 2 is 0.740 bits per heavy atom. The fraction of sp³-hybridized carbons (Fsp3) is 0.257. The fourth-order valence-corrected chi connectivity index (χ4v) is 11.4. The van der Waals surface area contributed by atoms with Crippen LogP contribution in [0.15, 0.2) is 212 Å². The second kappa shape index (κ2) is 35.9. The molecule has 29 nitrogen and oxygen atoms in total. The number of hydrogen-bond acceptors (Lipinski definition) is 27. The van der Waals surface area contributed by atoms with E-state index in [0.29, 0.717) is 23.4 Å². The second-order valence-corrected chi connectivity index (χ2v) is 24.5. The minimum absolute atomic E-state index is 0. The molecule has 30 heteroatoms. The molecule has 2 fully saturated rings. The molecule has 0 unspecified atom stereocenters. The van der Waals surface area contributed by atoms with Gasteiger partial charge in [-0.25, -0.2) is 67.1 Å². The first-order valence-electron chi connectivity index (χ1n) is 31.9. The SMILES string of the molecule is C.CCOC(=O)CC(C)=O.CCOC(=O)Cc1ncnc2c1ncn2[C@@H]1O[C@H](COC(=O)c2ccccc2)[C@@H](OC(=O)c2ccccc2)[C@H]1OC(=O)c1ccccc1.CS(=O)(=O)c1ncnc2c1ncn2[C@@H]1O[C@H](COC(=O)c2ccccc2)[C@@H](OC(=O)c2ccccc2)[C@H]1OC(=O)c1ccccc1. The molecule has 2 saturated heterocycles. The number of Topliss-reactive ketones (excluding diaryl/α,β-unsaturated/α-hetero) is 1. The van der Waals surface area contributed by atoms with E-state index in [9.17, 15) is 51.6 Å². The predicted octanol–water partition coefficient (Wildman–Crippen LogP) is 8.74. The van der Waals surface area contributed by atoms with Gasteiger partial charge in [0, 0.05) is 6.26 Å². The summed E-state index contributed by atoms with van der Waals surface area (Å²) in [7, 11) is -3.80. The van der Waals surface area contributed by atoms with Gasteiger partial charge in [0.25, 0.3) is 0 Å². The topological polar surface area (TPSA) is 367 Å². The number of nitrogens with zero attached hydrogens (tertiary/aromatic N) is 8. The summed E-state index contributed by atoms with van der Waals surface area (Å²) >= 11 is 0. The highest BCUT2D eigenvalue weighted by atomic mass is 32.2. The van der Waals surface area contributed by atoms with Crippen molar-refractivity contribution in [2.75, 3.05) is 32.7 Å². The number of ketones is 1. The van der Waals surface area contributed by atoms with Crippen molar-refractivity contribution in [2.45, 2.75) is 95.1 Å². The minimum Gasteiger partial charge on any atom is -0.466 e. The lowest BCUT2D eigenvalue weighted by Crippen LogP contribution is -2.41. The molecular formula is C74H70N8O21S. The molecule has 2 aliphatic rings. The highest BCUT2D eigenvalue weighted by molar-refractivity contribution is 7.90. The van der Waals surface area contributed by atoms with Crippen molar-refractivity contribution < 1.29 is 98.9 Å². The highest BCUT2D eigenvalue weighted by Crippen LogP contribution is 2.39. The Bertz CT molecular complexity index is 4750. The standard InChI is InChI=1S/C35H30N4O9.C32H26N4O9S.C6H10O3.CH4/c1-2-44-27(40)18-25-28-31(37-20-36-25)39(21-38-28)32-30(48-35(43)24-16-10-5-11-17-24)29(47-34(42)23-14-8-4-9-15-23)26(46-32)19-45-33(41)22-12-6-3-7-13-22;1-46(40,41)28-24-27(33-18-34-28)36(19-35-24)29-26(45-32(39)22-15-9-4-10-16-22)25(44-31(38)21-13-7-3-8-14-21)23(43-29)17-42-30(37)20-11-5-2-6-12-20;1-3-9-6(8)4-5(2)7;/h3-17,20-21,26,29-30,32H,2,18-19H2,1H3;2-16,18-19,23,25-26,29H,17H2,1H3;3-4H2,1-2H3;1H4/t26-,29-,30-,32-;23-,25-,26-,29-;;/m11../s1. The van der Waals surface area contributed by atoms with E-state index in [0.717, 1.165) is 12.6 Å². The van der Waals surface area contributed by atoms with Crippen molar-refractivity contribution in [1.29, 1.82) is 0 Å². The van der Waals surface area contributed by atoms with Crippen molar-refractivity contribution in [3.63, 3.8) is 0 Å². The molecule has 8 atom stereocenters. The Balaban J connectivity index is 0.000000214. The summed E-state index contributed by atoms with van der Waals surface area (Å²) in [6.45, 7) is 4.55. The molecule has 0 amide bonds. The maximum atomic E-state index is 13.5. The Morgan fingerprint density at radius 1 is 0.413 bits per heavy atom. The molecular weight excluding hydrogens is 1370 g/mol. The molecule has 2 aliphatic heterocycles. The zero-order chi connectivity index (χ0) is 73.0. The summed E-state index contributed by atoms with van der Waals surface area (Å²) in [6, 6.07) is 49.5. The fourth-order valence-electron chi connectivity index (χ4n) is 10.6. The van der Waals surface area contributed by atoms with Gasteiger partial charge in [-0.2, -0.15) is 0 Å². The molecule has 104 heavy (non-hydrogen) atoms. The van der Waals surface area contributed by atoms with Crippen molar-refractivity contribution >= 4 is 85.7 Å². The van der Waals surface area contributed by atoms with Crippen LogP contribution in [0.4, 0.5) is 0 Å². The monoisotopic (exact) mass is 1440 g/mol. The number of esters is 8. The maximum Gasteiger partial charge on any atom is 0.338 e. The maximum absolute atomic E-state index is 13.5. The first-order chi connectivity index (χ1) is 49.8. The average molecular weight is 1440 g/mol. The number of rotatable bonds is 23. The van der Waals surface area contributed by atoms with E-state index < -0.39 is 113 Å². The van der Waals surface area contributed by atoms with Gasteiger partial charge in [0.15, 0.2) is 63.0 Å². The van der Waals surface area contributed by atoms with Crippen LogP contribution in [0.2, 0.25) is 0 Å². The number of benzene rings is 6. The number of fused-ring (bicyclic) bond motifs is 2. The van der Waals surface area contributed by atoms with Gasteiger partial charge in [0.05, 0.1) is 71.4 Å². The first-order valence-corrected chi connectivity index (χ1v) is 33.8. The lowest BCUT2D eigenvalue weighted by atomic mass is 10.1. The van der Waals surface area contributed by atoms with Crippen LogP contribution in [0.25, 0.3) is 22.3 Å². The van der Waals surface area contributed by atoms with Crippen LogP contribution < -0.4 is 0 Å². The largest absolute Gasteiger partial charge is 0.466 e. The third kappa shape index (κ3) is 19.2. The van der Waals surface area contributed by atoms with Crippen LogP contribution in [-0.2, 0) is 78.0 Å². The van der Waals surface area contributed by atoms with E-state index in [4.69, 9.17) is 42.6 Å². The van der Waals surface area contributed by atoms with Gasteiger partial charge in [-0.05, 0) is 93.6 Å². The van der Waals surface area contributed by atoms with Crippen LogP contribution in [-0.4, -0.2) is 170 Å². The zero-order valence-electron chi connectivity index (χ0n) is 55.6. The number of imidazole rings is 2. The Morgan fingerprint density at radius 3 is 1.10 bits per heavy atom. The smallest absolute Gasteiger partial charge is 0.338 e. The van der Waals surface area contributed by atoms with E-state index in [2.05, 4.69) is 34.6 Å². The highest BCUT2D eigenvalue weighted by Gasteiger charge is 2.53. The lowest BCUT2D eigenvalue weighted by Gasteiger charge is -2.25. The van der Waals surface area contributed by atoms with E-state index >= 15 is 0 Å². The summed E-state index contributed by atoms with van der Waals surface area (Å²) < 4.78 is 85.0. The summed E-state index contributed by atoms with van der Waals surface area (Å²) in [4.78, 5) is 138. The van der Waals surface area contributed by atoms with E-state index in [1.54, 1.807) is 196 Å². The quantitative estimate of drug-likeness (QED) is 0.0250. The van der Waals surface area contributed by atoms with Gasteiger partial charge in [-0.15, -0.1) is 0 Å². The number of aromatic nitrogens is 8. The number of carbonyl (C=O) groups excluding carboxylic acids is 9. The van der Waals surface area contributed by atoms with Crippen molar-refractivity contribution in [3.8, 4) is 0 Å². The molecule has 6 aromatic carbocycles. The lowest BCUT2D eigenvalue weighted by molar-refractivity contribution is -0.145. The Kier molecular flexibility index (Phi) is 26.2. The van der Waals surface area contributed by atoms with E-state index in [1.807, 2.05) is 0 Å². The van der Waals surface area contributed by atoms with E-state index in [1.165, 1.54) is 35.0 Å². The predicted molar refractivity (Wildman–Crippen MR) is 367 cm³/mol. The zero-order valence-corrected chi connectivity index (χ0v) is 56.4. The average Bonchev–Trinajstić information content (AvgIpc) is 1.60. The van der Waals surface area contributed by atoms with Crippen LogP contribution >= 0.6 is 0 Å². The molecule has 0 saturated carbocycles. The van der Waals surface area contributed by atoms with Crippen LogP contribution in [0.5, 0.6) is 0 Å². The first kappa shape index (κ1) is 75.9. The van der Waals surface area contributed by atoms with Crippen LogP contribution in [0.1, 0.15) is 115 Å². The van der Waals surface area contributed by atoms with Gasteiger partial charge < -0.3 is 47.4 Å².